The number of rotatable bonds is 7. The number of benzene rings is 2. The predicted molar refractivity (Wildman–Crippen MR) is 78.4 cm³/mol. The molecule has 0 bridgehead atoms. The van der Waals surface area contributed by atoms with Gasteiger partial charge in [-0.05, 0) is 42.0 Å². The number of hydrogen-bond donors (Lipinski definition) is 1. The summed E-state index contributed by atoms with van der Waals surface area (Å²) in [5.41, 5.74) is 5.30. The zero-order valence-electron chi connectivity index (χ0n) is 12.3. The van der Waals surface area contributed by atoms with Crippen LogP contribution in [0.25, 0.3) is 0 Å². The van der Waals surface area contributed by atoms with Gasteiger partial charge in [0.25, 0.3) is 5.91 Å². The van der Waals surface area contributed by atoms with Gasteiger partial charge in [-0.3, -0.25) is 4.79 Å². The Morgan fingerprint density at radius 2 is 1.57 bits per heavy atom. The third-order valence-electron chi connectivity index (χ3n) is 2.87. The van der Waals surface area contributed by atoms with Gasteiger partial charge in [-0.25, -0.2) is 8.78 Å². The van der Waals surface area contributed by atoms with E-state index in [0.717, 1.165) is 12.1 Å². The second kappa shape index (κ2) is 7.44. The summed E-state index contributed by atoms with van der Waals surface area (Å²) in [6.45, 7) is -0.232. The van der Waals surface area contributed by atoms with Crippen LogP contribution in [0.15, 0.2) is 36.4 Å². The molecule has 2 aromatic rings. The highest BCUT2D eigenvalue weighted by atomic mass is 19.1. The normalized spacial score (nSPS) is 10.2. The monoisotopic (exact) mass is 323 g/mol. The zero-order valence-corrected chi connectivity index (χ0v) is 12.3. The van der Waals surface area contributed by atoms with Crippen molar-refractivity contribution < 1.29 is 27.8 Å². The largest absolute Gasteiger partial charge is 0.491 e. The molecule has 0 radical (unpaired) electrons. The minimum atomic E-state index is -0.790. The zero-order chi connectivity index (χ0) is 16.8. The number of ether oxygens (including phenoxy) is 3. The van der Waals surface area contributed by atoms with Gasteiger partial charge in [0, 0.05) is 0 Å². The molecule has 0 fully saturated rings. The number of primary amides is 1. The first-order chi connectivity index (χ1) is 11.0. The molecule has 0 saturated heterocycles. The molecular formula is C16H15F2NO4. The molecule has 2 N–H and O–H groups in total. The van der Waals surface area contributed by atoms with Gasteiger partial charge in [0.1, 0.15) is 18.1 Å². The van der Waals surface area contributed by atoms with Crippen molar-refractivity contribution >= 4 is 5.91 Å². The molecule has 122 valence electrons. The lowest BCUT2D eigenvalue weighted by atomic mass is 10.2. The van der Waals surface area contributed by atoms with E-state index in [1.165, 1.54) is 7.11 Å². The van der Waals surface area contributed by atoms with E-state index >= 15 is 0 Å². The first kappa shape index (κ1) is 16.5. The molecule has 1 amide bonds. The van der Waals surface area contributed by atoms with Crippen molar-refractivity contribution in [1.82, 2.24) is 0 Å². The summed E-state index contributed by atoms with van der Waals surface area (Å²) in [5, 5.41) is 0. The number of hydrogen-bond acceptors (Lipinski definition) is 4. The molecule has 0 saturated carbocycles. The summed E-state index contributed by atoms with van der Waals surface area (Å²) >= 11 is 0. The Morgan fingerprint density at radius 3 is 2.04 bits per heavy atom. The molecule has 0 unspecified atom stereocenters. The van der Waals surface area contributed by atoms with E-state index in [9.17, 15) is 13.6 Å². The van der Waals surface area contributed by atoms with E-state index in [-0.39, 0.29) is 13.2 Å². The Balaban J connectivity index is 1.97. The second-order valence-corrected chi connectivity index (χ2v) is 4.61. The molecule has 0 aliphatic heterocycles. The highest BCUT2D eigenvalue weighted by Crippen LogP contribution is 2.24. The van der Waals surface area contributed by atoms with Gasteiger partial charge in [-0.2, -0.15) is 0 Å². The van der Waals surface area contributed by atoms with Crippen LogP contribution < -0.4 is 19.9 Å². The standard InChI is InChI=1S/C16H15F2NO4/c1-21-16-13(17)6-10(7-14(16)18)8-22-11-2-4-12(5-3-11)23-9-15(19)20/h2-7H,8-9H2,1H3,(H2,19,20). The number of halogens is 2. The second-order valence-electron chi connectivity index (χ2n) is 4.61. The van der Waals surface area contributed by atoms with Gasteiger partial charge >= 0.3 is 0 Å². The molecule has 2 aromatic carbocycles. The maximum Gasteiger partial charge on any atom is 0.255 e. The molecule has 7 heteroatoms. The van der Waals surface area contributed by atoms with Crippen molar-refractivity contribution in [3.63, 3.8) is 0 Å². The van der Waals surface area contributed by atoms with Crippen molar-refractivity contribution in [2.75, 3.05) is 13.7 Å². The lowest BCUT2D eigenvalue weighted by molar-refractivity contribution is -0.119. The number of amides is 1. The van der Waals surface area contributed by atoms with Gasteiger partial charge in [-0.1, -0.05) is 0 Å². The van der Waals surface area contributed by atoms with Crippen LogP contribution in [0.5, 0.6) is 17.2 Å². The smallest absolute Gasteiger partial charge is 0.255 e. The Morgan fingerprint density at radius 1 is 1.04 bits per heavy atom. The molecule has 0 heterocycles. The van der Waals surface area contributed by atoms with Crippen molar-refractivity contribution in [1.29, 1.82) is 0 Å². The lowest BCUT2D eigenvalue weighted by Crippen LogP contribution is -2.19. The highest BCUT2D eigenvalue weighted by Gasteiger charge is 2.11. The maximum absolute atomic E-state index is 13.6. The van der Waals surface area contributed by atoms with E-state index in [1.807, 2.05) is 0 Å². The molecule has 0 aromatic heterocycles. The maximum atomic E-state index is 13.6. The molecule has 23 heavy (non-hydrogen) atoms. The van der Waals surface area contributed by atoms with Crippen LogP contribution in [0.1, 0.15) is 5.56 Å². The molecule has 2 rings (SSSR count). The predicted octanol–water partition coefficient (Wildman–Crippen LogP) is 2.42. The lowest BCUT2D eigenvalue weighted by Gasteiger charge is -2.10. The Bertz CT molecular complexity index is 666. The van der Waals surface area contributed by atoms with E-state index in [0.29, 0.717) is 17.1 Å². The molecule has 0 aliphatic rings. The van der Waals surface area contributed by atoms with E-state index in [4.69, 9.17) is 15.2 Å². The average Bonchev–Trinajstić information content (AvgIpc) is 2.51. The molecule has 5 nitrogen and oxygen atoms in total. The van der Waals surface area contributed by atoms with Crippen molar-refractivity contribution in [3.05, 3.63) is 53.6 Å². The summed E-state index contributed by atoms with van der Waals surface area (Å²) in [6.07, 6.45) is 0. The van der Waals surface area contributed by atoms with Crippen LogP contribution in [0.4, 0.5) is 8.78 Å². The van der Waals surface area contributed by atoms with Crippen LogP contribution in [0, 0.1) is 11.6 Å². The fourth-order valence-corrected chi connectivity index (χ4v) is 1.84. The summed E-state index contributed by atoms with van der Waals surface area (Å²) < 4.78 is 42.3. The SMILES string of the molecule is COc1c(F)cc(COc2ccc(OCC(N)=O)cc2)cc1F. The number of carbonyl (C=O) groups excluding carboxylic acids is 1. The van der Waals surface area contributed by atoms with Crippen LogP contribution >= 0.6 is 0 Å². The van der Waals surface area contributed by atoms with Gasteiger partial charge in [-0.15, -0.1) is 0 Å². The Kier molecular flexibility index (Phi) is 5.35. The number of carbonyl (C=O) groups is 1. The summed E-state index contributed by atoms with van der Waals surface area (Å²) in [7, 11) is 1.19. The van der Waals surface area contributed by atoms with Crippen LogP contribution in [0.3, 0.4) is 0 Å². The number of methoxy groups -OCH3 is 1. The fraction of sp³-hybridized carbons (Fsp3) is 0.188. The van der Waals surface area contributed by atoms with E-state index < -0.39 is 23.3 Å². The molecule has 0 aliphatic carbocycles. The Hall–Kier alpha value is -2.83. The average molecular weight is 323 g/mol. The van der Waals surface area contributed by atoms with E-state index in [2.05, 4.69) is 4.74 Å². The topological polar surface area (TPSA) is 70.8 Å². The van der Waals surface area contributed by atoms with Gasteiger partial charge in [0.05, 0.1) is 7.11 Å². The third-order valence-corrected chi connectivity index (χ3v) is 2.87. The quantitative estimate of drug-likeness (QED) is 0.849. The summed E-state index contributed by atoms with van der Waals surface area (Å²) in [4.78, 5) is 10.6. The van der Waals surface area contributed by atoms with Gasteiger partial charge in [0.2, 0.25) is 0 Å². The van der Waals surface area contributed by atoms with Gasteiger partial charge < -0.3 is 19.9 Å². The highest BCUT2D eigenvalue weighted by molar-refractivity contribution is 5.75. The Labute approximate surface area is 131 Å². The molecular weight excluding hydrogens is 308 g/mol. The van der Waals surface area contributed by atoms with Crippen LogP contribution in [0.2, 0.25) is 0 Å². The number of nitrogens with two attached hydrogens (primary N) is 1. The van der Waals surface area contributed by atoms with Crippen LogP contribution in [-0.2, 0) is 11.4 Å². The van der Waals surface area contributed by atoms with Crippen molar-refractivity contribution in [2.45, 2.75) is 6.61 Å². The van der Waals surface area contributed by atoms with E-state index in [1.54, 1.807) is 24.3 Å². The first-order valence-corrected chi connectivity index (χ1v) is 6.65. The molecule has 0 spiro atoms. The summed E-state index contributed by atoms with van der Waals surface area (Å²) in [5.74, 6) is -1.65. The van der Waals surface area contributed by atoms with Crippen molar-refractivity contribution in [2.24, 2.45) is 5.73 Å². The summed E-state index contributed by atoms with van der Waals surface area (Å²) in [6, 6.07) is 8.68. The minimum absolute atomic E-state index is 0.0146. The molecule has 0 atom stereocenters. The first-order valence-electron chi connectivity index (χ1n) is 6.65. The third kappa shape index (κ3) is 4.57. The van der Waals surface area contributed by atoms with Gasteiger partial charge in [0.15, 0.2) is 24.0 Å². The fourth-order valence-electron chi connectivity index (χ4n) is 1.84. The van der Waals surface area contributed by atoms with Crippen LogP contribution in [-0.4, -0.2) is 19.6 Å². The minimum Gasteiger partial charge on any atom is -0.491 e. The van der Waals surface area contributed by atoms with Crippen molar-refractivity contribution in [3.8, 4) is 17.2 Å².